The number of hydrogen-bond donors (Lipinski definition) is 2. The van der Waals surface area contributed by atoms with Gasteiger partial charge in [0.1, 0.15) is 5.82 Å². The lowest BCUT2D eigenvalue weighted by atomic mass is 10.1. The third-order valence-corrected chi connectivity index (χ3v) is 3.57. The van der Waals surface area contributed by atoms with E-state index >= 15 is 0 Å². The summed E-state index contributed by atoms with van der Waals surface area (Å²) in [5.41, 5.74) is 0.454. The molecule has 0 bridgehead atoms. The number of halogens is 4. The van der Waals surface area contributed by atoms with Crippen molar-refractivity contribution in [2.24, 2.45) is 0 Å². The van der Waals surface area contributed by atoms with Gasteiger partial charge in [-0.3, -0.25) is 4.79 Å². The molecular formula is C14H10Cl3FN2O. The number of anilines is 2. The lowest BCUT2D eigenvalue weighted by molar-refractivity contribution is 0.102. The van der Waals surface area contributed by atoms with Crippen LogP contribution in [0.2, 0.25) is 15.1 Å². The highest BCUT2D eigenvalue weighted by atomic mass is 35.5. The van der Waals surface area contributed by atoms with Gasteiger partial charge in [-0.15, -0.1) is 0 Å². The molecule has 3 nitrogen and oxygen atoms in total. The third-order valence-electron chi connectivity index (χ3n) is 2.75. The van der Waals surface area contributed by atoms with E-state index in [1.165, 1.54) is 37.4 Å². The number of carbonyl (C=O) groups excluding carboxylic acids is 1. The van der Waals surface area contributed by atoms with Crippen LogP contribution < -0.4 is 10.6 Å². The largest absolute Gasteiger partial charge is 0.385 e. The maximum absolute atomic E-state index is 13.6. The molecule has 0 aliphatic carbocycles. The summed E-state index contributed by atoms with van der Waals surface area (Å²) < 4.78 is 13.6. The van der Waals surface area contributed by atoms with Gasteiger partial charge in [0.05, 0.1) is 27.0 Å². The van der Waals surface area contributed by atoms with E-state index in [2.05, 4.69) is 10.6 Å². The van der Waals surface area contributed by atoms with Crippen LogP contribution in [0.3, 0.4) is 0 Å². The van der Waals surface area contributed by atoms with Gasteiger partial charge >= 0.3 is 0 Å². The summed E-state index contributed by atoms with van der Waals surface area (Å²) in [5.74, 6) is -1.07. The minimum Gasteiger partial charge on any atom is -0.385 e. The Hall–Kier alpha value is -1.49. The van der Waals surface area contributed by atoms with Gasteiger partial charge in [0, 0.05) is 12.1 Å². The zero-order valence-corrected chi connectivity index (χ0v) is 13.1. The number of benzene rings is 2. The molecule has 0 aliphatic rings. The van der Waals surface area contributed by atoms with Crippen LogP contribution in [0.15, 0.2) is 30.3 Å². The van der Waals surface area contributed by atoms with E-state index in [9.17, 15) is 9.18 Å². The second kappa shape index (κ2) is 6.52. The molecule has 2 aromatic rings. The van der Waals surface area contributed by atoms with Crippen LogP contribution in [0.25, 0.3) is 0 Å². The number of para-hydroxylation sites is 1. The van der Waals surface area contributed by atoms with Crippen molar-refractivity contribution in [3.8, 4) is 0 Å². The monoisotopic (exact) mass is 346 g/mol. The summed E-state index contributed by atoms with van der Waals surface area (Å²) in [5, 5.41) is 5.95. The average molecular weight is 348 g/mol. The molecule has 1 amide bonds. The molecule has 0 fully saturated rings. The normalized spacial score (nSPS) is 10.3. The van der Waals surface area contributed by atoms with E-state index in [1.807, 2.05) is 0 Å². The van der Waals surface area contributed by atoms with Crippen LogP contribution in [0.5, 0.6) is 0 Å². The van der Waals surface area contributed by atoms with Gasteiger partial charge in [0.25, 0.3) is 5.91 Å². The second-order valence-corrected chi connectivity index (χ2v) is 5.36. The molecule has 0 saturated carbocycles. The number of rotatable bonds is 3. The molecule has 110 valence electrons. The van der Waals surface area contributed by atoms with E-state index in [-0.39, 0.29) is 27.0 Å². The molecule has 0 spiro atoms. The van der Waals surface area contributed by atoms with Gasteiger partial charge in [0.15, 0.2) is 0 Å². The van der Waals surface area contributed by atoms with Gasteiger partial charge in [-0.25, -0.2) is 4.39 Å². The molecule has 0 saturated heterocycles. The van der Waals surface area contributed by atoms with Gasteiger partial charge < -0.3 is 10.6 Å². The minimum absolute atomic E-state index is 0.0937. The van der Waals surface area contributed by atoms with Crippen LogP contribution in [0.1, 0.15) is 10.4 Å². The maximum Gasteiger partial charge on any atom is 0.257 e. The minimum atomic E-state index is -0.537. The molecule has 0 heterocycles. The highest BCUT2D eigenvalue weighted by Gasteiger charge is 2.17. The van der Waals surface area contributed by atoms with Crippen LogP contribution in [0, 0.1) is 5.82 Å². The fourth-order valence-corrected chi connectivity index (χ4v) is 2.72. The van der Waals surface area contributed by atoms with Gasteiger partial charge in [-0.1, -0.05) is 40.9 Å². The molecule has 0 unspecified atom stereocenters. The lowest BCUT2D eigenvalue weighted by Crippen LogP contribution is -2.15. The molecule has 7 heteroatoms. The van der Waals surface area contributed by atoms with Crippen molar-refractivity contribution < 1.29 is 9.18 Å². The number of nitrogens with one attached hydrogen (secondary N) is 2. The molecule has 0 aromatic heterocycles. The highest BCUT2D eigenvalue weighted by molar-refractivity contribution is 6.42. The summed E-state index contributed by atoms with van der Waals surface area (Å²) >= 11 is 17.8. The topological polar surface area (TPSA) is 41.1 Å². The summed E-state index contributed by atoms with van der Waals surface area (Å²) in [4.78, 5) is 12.3. The Morgan fingerprint density at radius 3 is 2.29 bits per heavy atom. The van der Waals surface area contributed by atoms with Crippen LogP contribution in [0.4, 0.5) is 15.8 Å². The molecule has 2 rings (SSSR count). The third kappa shape index (κ3) is 3.40. The summed E-state index contributed by atoms with van der Waals surface area (Å²) in [7, 11) is 1.53. The molecule has 0 atom stereocenters. The maximum atomic E-state index is 13.6. The zero-order chi connectivity index (χ0) is 15.6. The van der Waals surface area contributed by atoms with Gasteiger partial charge in [-0.05, 0) is 24.3 Å². The fraction of sp³-hybridized carbons (Fsp3) is 0.0714. The standard InChI is InChI=1S/C14H10Cl3FN2O/c1-19-12-8(3-2-4-11(12)18)14(21)20-13-9(16)5-7(15)6-10(13)17/h2-6,19H,1H3,(H,20,21). The highest BCUT2D eigenvalue weighted by Crippen LogP contribution is 2.34. The predicted octanol–water partition coefficient (Wildman–Crippen LogP) is 5.08. The Balaban J connectivity index is 2.38. The van der Waals surface area contributed by atoms with E-state index < -0.39 is 11.7 Å². The van der Waals surface area contributed by atoms with Crippen molar-refractivity contribution in [1.29, 1.82) is 0 Å². The smallest absolute Gasteiger partial charge is 0.257 e. The van der Waals surface area contributed by atoms with Crippen molar-refractivity contribution >= 4 is 52.1 Å². The second-order valence-electron chi connectivity index (χ2n) is 4.11. The molecule has 0 aliphatic heterocycles. The first-order chi connectivity index (χ1) is 9.93. The summed E-state index contributed by atoms with van der Waals surface area (Å²) in [6.45, 7) is 0. The first-order valence-electron chi connectivity index (χ1n) is 5.86. The molecule has 21 heavy (non-hydrogen) atoms. The van der Waals surface area contributed by atoms with Gasteiger partial charge in [0.2, 0.25) is 0 Å². The van der Waals surface area contributed by atoms with E-state index in [0.717, 1.165) is 0 Å². The SMILES string of the molecule is CNc1c(F)cccc1C(=O)Nc1c(Cl)cc(Cl)cc1Cl. The van der Waals surface area contributed by atoms with Crippen molar-refractivity contribution in [1.82, 2.24) is 0 Å². The van der Waals surface area contributed by atoms with E-state index in [4.69, 9.17) is 34.8 Å². The number of amides is 1. The first kappa shape index (κ1) is 15.9. The Kier molecular flexibility index (Phi) is 4.93. The predicted molar refractivity (Wildman–Crippen MR) is 85.4 cm³/mol. The Morgan fingerprint density at radius 1 is 1.10 bits per heavy atom. The Labute approximate surface area is 136 Å². The Bertz CT molecular complexity index is 684. The van der Waals surface area contributed by atoms with Crippen molar-refractivity contribution in [2.45, 2.75) is 0 Å². The summed E-state index contributed by atoms with van der Waals surface area (Å²) in [6, 6.07) is 7.09. The first-order valence-corrected chi connectivity index (χ1v) is 6.99. The van der Waals surface area contributed by atoms with Gasteiger partial charge in [-0.2, -0.15) is 0 Å². The fourth-order valence-electron chi connectivity index (χ4n) is 1.81. The van der Waals surface area contributed by atoms with E-state index in [1.54, 1.807) is 0 Å². The molecule has 2 aromatic carbocycles. The van der Waals surface area contributed by atoms with Crippen LogP contribution >= 0.6 is 34.8 Å². The van der Waals surface area contributed by atoms with Crippen LogP contribution in [-0.4, -0.2) is 13.0 Å². The number of carbonyl (C=O) groups is 1. The quantitative estimate of drug-likeness (QED) is 0.813. The van der Waals surface area contributed by atoms with Crippen LogP contribution in [-0.2, 0) is 0 Å². The average Bonchev–Trinajstić information content (AvgIpc) is 2.42. The molecule has 0 radical (unpaired) electrons. The molecule has 2 N–H and O–H groups in total. The Morgan fingerprint density at radius 2 is 1.71 bits per heavy atom. The van der Waals surface area contributed by atoms with Crippen molar-refractivity contribution in [2.75, 3.05) is 17.7 Å². The van der Waals surface area contributed by atoms with E-state index in [0.29, 0.717) is 5.02 Å². The number of hydrogen-bond acceptors (Lipinski definition) is 2. The molecular weight excluding hydrogens is 338 g/mol. The lowest BCUT2D eigenvalue weighted by Gasteiger charge is -2.13. The van der Waals surface area contributed by atoms with Crippen molar-refractivity contribution in [3.05, 3.63) is 56.8 Å². The summed E-state index contributed by atoms with van der Waals surface area (Å²) in [6.07, 6.45) is 0. The zero-order valence-electron chi connectivity index (χ0n) is 10.8. The van der Waals surface area contributed by atoms with Crippen molar-refractivity contribution in [3.63, 3.8) is 0 Å².